The molecule has 1 aromatic rings. The molecule has 1 aliphatic heterocycles. The molecule has 1 aromatic carbocycles. The minimum Gasteiger partial charge on any atom is -0.492 e. The Morgan fingerprint density at radius 3 is 3.06 bits per heavy atom. The molecule has 0 spiro atoms. The van der Waals surface area contributed by atoms with E-state index in [4.69, 9.17) is 4.74 Å². The third kappa shape index (κ3) is 3.20. The zero-order chi connectivity index (χ0) is 12.1. The third-order valence-corrected chi connectivity index (χ3v) is 3.30. The van der Waals surface area contributed by atoms with Crippen LogP contribution in [0.15, 0.2) is 24.3 Å². The fourth-order valence-electron chi connectivity index (χ4n) is 2.20. The number of para-hydroxylation sites is 1. The molecule has 0 saturated carbocycles. The second kappa shape index (κ2) is 6.03. The van der Waals surface area contributed by atoms with Gasteiger partial charge >= 0.3 is 0 Å². The lowest BCUT2D eigenvalue weighted by molar-refractivity contribution is 0.176. The molecule has 0 aliphatic carbocycles. The van der Waals surface area contributed by atoms with E-state index >= 15 is 0 Å². The van der Waals surface area contributed by atoms with Gasteiger partial charge in [-0.3, -0.25) is 4.90 Å². The maximum atomic E-state index is 5.77. The van der Waals surface area contributed by atoms with Crippen LogP contribution in [0.1, 0.15) is 19.4 Å². The van der Waals surface area contributed by atoms with Crippen LogP contribution < -0.4 is 10.1 Å². The van der Waals surface area contributed by atoms with Crippen molar-refractivity contribution in [3.63, 3.8) is 0 Å². The van der Waals surface area contributed by atoms with E-state index in [1.807, 2.05) is 6.07 Å². The molecule has 1 heterocycles. The van der Waals surface area contributed by atoms with Gasteiger partial charge in [0, 0.05) is 31.2 Å². The molecule has 1 unspecified atom stereocenters. The van der Waals surface area contributed by atoms with Crippen molar-refractivity contribution in [2.75, 3.05) is 26.2 Å². The first-order valence-corrected chi connectivity index (χ1v) is 6.46. The van der Waals surface area contributed by atoms with Crippen molar-refractivity contribution in [3.05, 3.63) is 29.8 Å². The van der Waals surface area contributed by atoms with Crippen LogP contribution in [0, 0.1) is 0 Å². The molecule has 1 N–H and O–H groups in total. The second-order valence-corrected chi connectivity index (χ2v) is 4.58. The topological polar surface area (TPSA) is 24.5 Å². The Labute approximate surface area is 104 Å². The predicted octanol–water partition coefficient (Wildman–Crippen LogP) is 1.88. The fourth-order valence-corrected chi connectivity index (χ4v) is 2.20. The number of hydrogen-bond donors (Lipinski definition) is 1. The lowest BCUT2D eigenvalue weighted by atomic mass is 10.1. The van der Waals surface area contributed by atoms with E-state index in [1.54, 1.807) is 0 Å². The summed E-state index contributed by atoms with van der Waals surface area (Å²) in [5, 5.41) is 3.41. The molecular weight excluding hydrogens is 212 g/mol. The number of nitrogens with one attached hydrogen (secondary N) is 1. The first-order valence-electron chi connectivity index (χ1n) is 6.46. The molecular formula is C14H22N2O. The summed E-state index contributed by atoms with van der Waals surface area (Å²) in [4.78, 5) is 2.48. The summed E-state index contributed by atoms with van der Waals surface area (Å²) in [7, 11) is 0. The molecule has 1 aliphatic rings. The van der Waals surface area contributed by atoms with Crippen molar-refractivity contribution >= 4 is 0 Å². The number of hydrogen-bond acceptors (Lipinski definition) is 3. The van der Waals surface area contributed by atoms with Crippen LogP contribution in [0.5, 0.6) is 5.75 Å². The van der Waals surface area contributed by atoms with Crippen LogP contribution in [0.2, 0.25) is 0 Å². The molecule has 2 rings (SSSR count). The van der Waals surface area contributed by atoms with Crippen LogP contribution in [-0.4, -0.2) is 37.2 Å². The van der Waals surface area contributed by atoms with Crippen molar-refractivity contribution in [2.24, 2.45) is 0 Å². The molecule has 0 bridgehead atoms. The first-order chi connectivity index (χ1) is 8.31. The van der Waals surface area contributed by atoms with Gasteiger partial charge in [-0.25, -0.2) is 0 Å². The minimum absolute atomic E-state index is 0.546. The Balaban J connectivity index is 2.02. The van der Waals surface area contributed by atoms with Crippen molar-refractivity contribution in [2.45, 2.75) is 26.4 Å². The van der Waals surface area contributed by atoms with Gasteiger partial charge in [0.1, 0.15) is 12.4 Å². The summed E-state index contributed by atoms with van der Waals surface area (Å²) in [5.74, 6) is 1.05. The van der Waals surface area contributed by atoms with Crippen molar-refractivity contribution < 1.29 is 4.74 Å². The third-order valence-electron chi connectivity index (χ3n) is 3.30. The fraction of sp³-hybridized carbons (Fsp3) is 0.571. The lowest BCUT2D eigenvalue weighted by Crippen LogP contribution is -2.41. The maximum absolute atomic E-state index is 5.77. The zero-order valence-corrected chi connectivity index (χ0v) is 10.8. The van der Waals surface area contributed by atoms with E-state index in [0.717, 1.165) is 38.5 Å². The van der Waals surface area contributed by atoms with E-state index in [2.05, 4.69) is 42.3 Å². The highest BCUT2D eigenvalue weighted by Gasteiger charge is 2.18. The lowest BCUT2D eigenvalue weighted by Gasteiger charge is -2.27. The summed E-state index contributed by atoms with van der Waals surface area (Å²) < 4.78 is 5.77. The second-order valence-electron chi connectivity index (χ2n) is 4.58. The molecule has 94 valence electrons. The Kier molecular flexibility index (Phi) is 4.40. The van der Waals surface area contributed by atoms with Crippen LogP contribution in [-0.2, 0) is 6.54 Å². The van der Waals surface area contributed by atoms with Crippen molar-refractivity contribution in [1.29, 1.82) is 0 Å². The molecule has 1 atom stereocenters. The SMILES string of the molecule is CCNCC(C)N1CCOc2ccccc2C1. The van der Waals surface area contributed by atoms with Gasteiger partial charge in [0.05, 0.1) is 0 Å². The van der Waals surface area contributed by atoms with Crippen LogP contribution >= 0.6 is 0 Å². The van der Waals surface area contributed by atoms with E-state index < -0.39 is 0 Å². The average Bonchev–Trinajstić information content (AvgIpc) is 2.58. The van der Waals surface area contributed by atoms with Crippen molar-refractivity contribution in [3.8, 4) is 5.75 Å². The monoisotopic (exact) mass is 234 g/mol. The summed E-state index contributed by atoms with van der Waals surface area (Å²) >= 11 is 0. The van der Waals surface area contributed by atoms with Gasteiger partial charge in [-0.2, -0.15) is 0 Å². The standard InChI is InChI=1S/C14H22N2O/c1-3-15-10-12(2)16-8-9-17-14-7-5-4-6-13(14)11-16/h4-7,12,15H,3,8-11H2,1-2H3. The van der Waals surface area contributed by atoms with Gasteiger partial charge in [0.15, 0.2) is 0 Å². The molecule has 17 heavy (non-hydrogen) atoms. The predicted molar refractivity (Wildman–Crippen MR) is 70.4 cm³/mol. The highest BCUT2D eigenvalue weighted by Crippen LogP contribution is 2.23. The quantitative estimate of drug-likeness (QED) is 0.861. The van der Waals surface area contributed by atoms with Gasteiger partial charge in [-0.1, -0.05) is 25.1 Å². The highest BCUT2D eigenvalue weighted by molar-refractivity contribution is 5.33. The van der Waals surface area contributed by atoms with Crippen LogP contribution in [0.25, 0.3) is 0 Å². The maximum Gasteiger partial charge on any atom is 0.123 e. The highest BCUT2D eigenvalue weighted by atomic mass is 16.5. The van der Waals surface area contributed by atoms with Gasteiger partial charge in [0.25, 0.3) is 0 Å². The molecule has 0 saturated heterocycles. The molecule has 3 nitrogen and oxygen atoms in total. The summed E-state index contributed by atoms with van der Waals surface area (Å²) in [6, 6.07) is 8.89. The normalized spacial score (nSPS) is 18.0. The Morgan fingerprint density at radius 2 is 2.24 bits per heavy atom. The molecule has 0 amide bonds. The average molecular weight is 234 g/mol. The Hall–Kier alpha value is -1.06. The minimum atomic E-state index is 0.546. The van der Waals surface area contributed by atoms with E-state index in [1.165, 1.54) is 5.56 Å². The summed E-state index contributed by atoms with van der Waals surface area (Å²) in [6.45, 7) is 9.27. The molecule has 0 radical (unpaired) electrons. The number of benzene rings is 1. The number of rotatable bonds is 4. The number of fused-ring (bicyclic) bond motifs is 1. The van der Waals surface area contributed by atoms with Crippen LogP contribution in [0.4, 0.5) is 0 Å². The molecule has 0 aromatic heterocycles. The largest absolute Gasteiger partial charge is 0.492 e. The van der Waals surface area contributed by atoms with Crippen LogP contribution in [0.3, 0.4) is 0 Å². The van der Waals surface area contributed by atoms with Gasteiger partial charge < -0.3 is 10.1 Å². The van der Waals surface area contributed by atoms with E-state index in [-0.39, 0.29) is 0 Å². The number of likely N-dealkylation sites (N-methyl/N-ethyl adjacent to an activating group) is 1. The summed E-state index contributed by atoms with van der Waals surface area (Å²) in [6.07, 6.45) is 0. The Bertz CT molecular complexity index is 354. The van der Waals surface area contributed by atoms with Gasteiger partial charge in [-0.05, 0) is 19.5 Å². The Morgan fingerprint density at radius 1 is 1.41 bits per heavy atom. The first kappa shape index (κ1) is 12.4. The van der Waals surface area contributed by atoms with Crippen molar-refractivity contribution in [1.82, 2.24) is 10.2 Å². The van der Waals surface area contributed by atoms with Gasteiger partial charge in [0.2, 0.25) is 0 Å². The molecule has 0 fully saturated rings. The molecule has 3 heteroatoms. The number of ether oxygens (including phenoxy) is 1. The van der Waals surface area contributed by atoms with Gasteiger partial charge in [-0.15, -0.1) is 0 Å². The number of nitrogens with zero attached hydrogens (tertiary/aromatic N) is 1. The van der Waals surface area contributed by atoms with E-state index in [9.17, 15) is 0 Å². The summed E-state index contributed by atoms with van der Waals surface area (Å²) in [5.41, 5.74) is 1.30. The smallest absolute Gasteiger partial charge is 0.123 e. The van der Waals surface area contributed by atoms with E-state index in [0.29, 0.717) is 6.04 Å². The zero-order valence-electron chi connectivity index (χ0n) is 10.8.